The molecule has 1 fully saturated rings. The van der Waals surface area contributed by atoms with Crippen LogP contribution in [-0.4, -0.2) is 55.1 Å². The van der Waals surface area contributed by atoms with Crippen molar-refractivity contribution in [3.05, 3.63) is 47.3 Å². The van der Waals surface area contributed by atoms with Gasteiger partial charge in [-0.25, -0.2) is 4.39 Å². The Kier molecular flexibility index (Phi) is 7.02. The van der Waals surface area contributed by atoms with Gasteiger partial charge in [-0.3, -0.25) is 9.69 Å². The summed E-state index contributed by atoms with van der Waals surface area (Å²) in [6.07, 6.45) is 3.98. The van der Waals surface area contributed by atoms with E-state index in [2.05, 4.69) is 20.1 Å². The summed E-state index contributed by atoms with van der Waals surface area (Å²) >= 11 is 0. The molecule has 3 heterocycles. The average Bonchev–Trinajstić information content (AvgIpc) is 2.79. The van der Waals surface area contributed by atoms with Gasteiger partial charge >= 0.3 is 0 Å². The van der Waals surface area contributed by atoms with Crippen molar-refractivity contribution in [3.63, 3.8) is 0 Å². The standard InChI is InChI=1S/C24H31FN4O2/c1-2-19-20(25)6-5-7-21(19)29-15-13-28(14-16-29)12-3-4-17-31-23-11-9-18-8-10-22(30)26-24(18)27-23/h5-7,9,11H,2-4,8,10,12-17H2,1H3,(H,26,27,30). The van der Waals surface area contributed by atoms with E-state index in [1.54, 1.807) is 6.07 Å². The maximum atomic E-state index is 14.1. The van der Waals surface area contributed by atoms with Gasteiger partial charge in [0.05, 0.1) is 6.61 Å². The number of anilines is 2. The first-order valence-corrected chi connectivity index (χ1v) is 11.3. The van der Waals surface area contributed by atoms with E-state index >= 15 is 0 Å². The number of unbranched alkanes of at least 4 members (excludes halogenated alkanes) is 1. The summed E-state index contributed by atoms with van der Waals surface area (Å²) < 4.78 is 19.9. The number of pyridine rings is 1. The minimum Gasteiger partial charge on any atom is -0.478 e. The molecule has 4 rings (SSSR count). The second kappa shape index (κ2) is 10.1. The zero-order valence-corrected chi connectivity index (χ0v) is 18.2. The molecule has 1 amide bonds. The van der Waals surface area contributed by atoms with Crippen molar-refractivity contribution < 1.29 is 13.9 Å². The summed E-state index contributed by atoms with van der Waals surface area (Å²) in [7, 11) is 0. The van der Waals surface area contributed by atoms with Crippen LogP contribution in [0.4, 0.5) is 15.9 Å². The molecule has 31 heavy (non-hydrogen) atoms. The molecule has 0 bridgehead atoms. The van der Waals surface area contributed by atoms with Gasteiger partial charge in [-0.1, -0.05) is 13.0 Å². The minimum absolute atomic E-state index is 0.0144. The Hall–Kier alpha value is -2.67. The Morgan fingerprint density at radius 2 is 1.94 bits per heavy atom. The van der Waals surface area contributed by atoms with Crippen LogP contribution in [-0.2, 0) is 17.6 Å². The first-order valence-electron chi connectivity index (χ1n) is 11.3. The molecular weight excluding hydrogens is 395 g/mol. The van der Waals surface area contributed by atoms with E-state index in [9.17, 15) is 9.18 Å². The number of benzene rings is 1. The molecular formula is C24H31FN4O2. The smallest absolute Gasteiger partial charge is 0.225 e. The van der Waals surface area contributed by atoms with Gasteiger partial charge in [-0.2, -0.15) is 4.98 Å². The van der Waals surface area contributed by atoms with Crippen LogP contribution < -0.4 is 15.0 Å². The van der Waals surface area contributed by atoms with Gasteiger partial charge in [0.25, 0.3) is 0 Å². The Morgan fingerprint density at radius 1 is 1.10 bits per heavy atom. The number of aromatic nitrogens is 1. The SMILES string of the molecule is CCc1c(F)cccc1N1CCN(CCCCOc2ccc3c(n2)NC(=O)CC3)CC1. The number of fused-ring (bicyclic) bond motifs is 1. The Morgan fingerprint density at radius 3 is 2.74 bits per heavy atom. The quantitative estimate of drug-likeness (QED) is 0.653. The van der Waals surface area contributed by atoms with Gasteiger partial charge in [0.1, 0.15) is 11.6 Å². The number of rotatable bonds is 8. The number of nitrogens with zero attached hydrogens (tertiary/aromatic N) is 3. The summed E-state index contributed by atoms with van der Waals surface area (Å²) in [6.45, 7) is 7.50. The van der Waals surface area contributed by atoms with E-state index in [0.29, 0.717) is 31.1 Å². The third-order valence-electron chi connectivity index (χ3n) is 6.11. The number of hydrogen-bond donors (Lipinski definition) is 1. The third-order valence-corrected chi connectivity index (χ3v) is 6.11. The fraction of sp³-hybridized carbons (Fsp3) is 0.500. The fourth-order valence-corrected chi connectivity index (χ4v) is 4.32. The first-order chi connectivity index (χ1) is 15.1. The van der Waals surface area contributed by atoms with Crippen molar-refractivity contribution in [2.75, 3.05) is 49.5 Å². The van der Waals surface area contributed by atoms with Crippen LogP contribution in [0.25, 0.3) is 0 Å². The molecule has 1 aromatic carbocycles. The number of aryl methyl sites for hydroxylation is 1. The summed E-state index contributed by atoms with van der Waals surface area (Å²) in [5, 5.41) is 2.81. The van der Waals surface area contributed by atoms with Crippen molar-refractivity contribution in [3.8, 4) is 5.88 Å². The molecule has 0 radical (unpaired) electrons. The predicted molar refractivity (Wildman–Crippen MR) is 120 cm³/mol. The highest BCUT2D eigenvalue weighted by Crippen LogP contribution is 2.25. The maximum absolute atomic E-state index is 14.1. The van der Waals surface area contributed by atoms with Gasteiger partial charge < -0.3 is 15.0 Å². The zero-order valence-electron chi connectivity index (χ0n) is 18.2. The number of halogens is 1. The van der Waals surface area contributed by atoms with E-state index in [0.717, 1.165) is 68.8 Å². The van der Waals surface area contributed by atoms with Gasteiger partial charge in [0.2, 0.25) is 11.8 Å². The molecule has 1 saturated heterocycles. The fourth-order valence-electron chi connectivity index (χ4n) is 4.32. The monoisotopic (exact) mass is 426 g/mol. The summed E-state index contributed by atoms with van der Waals surface area (Å²) in [4.78, 5) is 20.7. The van der Waals surface area contributed by atoms with Crippen LogP contribution in [0.15, 0.2) is 30.3 Å². The van der Waals surface area contributed by atoms with Crippen LogP contribution in [0.2, 0.25) is 0 Å². The van der Waals surface area contributed by atoms with Crippen LogP contribution in [0.1, 0.15) is 37.3 Å². The maximum Gasteiger partial charge on any atom is 0.225 e. The lowest BCUT2D eigenvalue weighted by Crippen LogP contribution is -2.47. The van der Waals surface area contributed by atoms with Gasteiger partial charge in [0.15, 0.2) is 0 Å². The van der Waals surface area contributed by atoms with E-state index < -0.39 is 0 Å². The molecule has 0 spiro atoms. The number of carbonyl (C=O) groups excluding carboxylic acids is 1. The Labute approximate surface area is 183 Å². The van der Waals surface area contributed by atoms with Crippen LogP contribution in [0.5, 0.6) is 5.88 Å². The van der Waals surface area contributed by atoms with E-state index in [4.69, 9.17) is 4.74 Å². The van der Waals surface area contributed by atoms with E-state index in [1.165, 1.54) is 0 Å². The normalized spacial score (nSPS) is 16.7. The highest BCUT2D eigenvalue weighted by atomic mass is 19.1. The number of piperazine rings is 1. The topological polar surface area (TPSA) is 57.7 Å². The molecule has 2 aliphatic rings. The molecule has 1 N–H and O–H groups in total. The largest absolute Gasteiger partial charge is 0.478 e. The lowest BCUT2D eigenvalue weighted by atomic mass is 10.1. The average molecular weight is 427 g/mol. The Balaban J connectivity index is 1.16. The summed E-state index contributed by atoms with van der Waals surface area (Å²) in [6, 6.07) is 9.26. The van der Waals surface area contributed by atoms with Gasteiger partial charge in [0, 0.05) is 49.9 Å². The molecule has 0 unspecified atom stereocenters. The number of amides is 1. The van der Waals surface area contributed by atoms with Gasteiger partial charge in [-0.15, -0.1) is 0 Å². The van der Waals surface area contributed by atoms with Crippen LogP contribution in [0, 0.1) is 5.82 Å². The zero-order chi connectivity index (χ0) is 21.6. The number of hydrogen-bond acceptors (Lipinski definition) is 5. The minimum atomic E-state index is -0.0989. The highest BCUT2D eigenvalue weighted by Gasteiger charge is 2.20. The molecule has 2 aliphatic heterocycles. The molecule has 0 aliphatic carbocycles. The van der Waals surface area contributed by atoms with Crippen molar-refractivity contribution in [1.82, 2.24) is 9.88 Å². The predicted octanol–water partition coefficient (Wildman–Crippen LogP) is 3.65. The highest BCUT2D eigenvalue weighted by molar-refractivity contribution is 5.92. The van der Waals surface area contributed by atoms with Crippen molar-refractivity contribution in [1.29, 1.82) is 0 Å². The van der Waals surface area contributed by atoms with Crippen LogP contribution in [0.3, 0.4) is 0 Å². The third kappa shape index (κ3) is 5.34. The second-order valence-corrected chi connectivity index (χ2v) is 8.18. The molecule has 6 nitrogen and oxygen atoms in total. The van der Waals surface area contributed by atoms with E-state index in [-0.39, 0.29) is 11.7 Å². The summed E-state index contributed by atoms with van der Waals surface area (Å²) in [5.41, 5.74) is 2.93. The number of ether oxygens (including phenoxy) is 1. The van der Waals surface area contributed by atoms with Crippen molar-refractivity contribution in [2.45, 2.75) is 39.0 Å². The number of nitrogens with one attached hydrogen (secondary N) is 1. The Bertz CT molecular complexity index is 912. The molecule has 1 aromatic heterocycles. The lowest BCUT2D eigenvalue weighted by molar-refractivity contribution is -0.116. The van der Waals surface area contributed by atoms with E-state index in [1.807, 2.05) is 31.2 Å². The lowest BCUT2D eigenvalue weighted by Gasteiger charge is -2.37. The molecule has 7 heteroatoms. The second-order valence-electron chi connectivity index (χ2n) is 8.18. The van der Waals surface area contributed by atoms with Gasteiger partial charge in [-0.05, 0) is 56.0 Å². The van der Waals surface area contributed by atoms with Crippen molar-refractivity contribution >= 4 is 17.4 Å². The molecule has 0 saturated carbocycles. The molecule has 2 aromatic rings. The molecule has 166 valence electrons. The molecule has 0 atom stereocenters. The van der Waals surface area contributed by atoms with Crippen LogP contribution >= 0.6 is 0 Å². The van der Waals surface area contributed by atoms with Crippen molar-refractivity contribution in [2.24, 2.45) is 0 Å². The summed E-state index contributed by atoms with van der Waals surface area (Å²) in [5.74, 6) is 1.12. The number of carbonyl (C=O) groups is 1. The first kappa shape index (κ1) is 21.6.